The van der Waals surface area contributed by atoms with Crippen LogP contribution >= 0.6 is 0 Å². The summed E-state index contributed by atoms with van der Waals surface area (Å²) in [6.07, 6.45) is 6.52. The Morgan fingerprint density at radius 2 is 1.12 bits per heavy atom. The van der Waals surface area contributed by atoms with Crippen LogP contribution in [0.25, 0.3) is 60.5 Å². The van der Waals surface area contributed by atoms with Gasteiger partial charge < -0.3 is 9.32 Å². The van der Waals surface area contributed by atoms with Gasteiger partial charge in [-0.1, -0.05) is 127 Å². The van der Waals surface area contributed by atoms with Crippen LogP contribution in [0.1, 0.15) is 18.4 Å². The number of hydrogen-bond donors (Lipinski definition) is 0. The van der Waals surface area contributed by atoms with Gasteiger partial charge in [-0.3, -0.25) is 0 Å². The average Bonchev–Trinajstić information content (AvgIpc) is 3.52. The molecule has 0 saturated carbocycles. The van der Waals surface area contributed by atoms with E-state index < -0.39 is 0 Å². The normalized spacial score (nSPS) is 13.1. The molecule has 48 heavy (non-hydrogen) atoms. The van der Waals surface area contributed by atoms with Crippen LogP contribution in [0.3, 0.4) is 0 Å². The molecule has 0 saturated heterocycles. The summed E-state index contributed by atoms with van der Waals surface area (Å²) in [6, 6.07) is 58.8. The highest BCUT2D eigenvalue weighted by atomic mass is 16.3. The second kappa shape index (κ2) is 11.9. The van der Waals surface area contributed by atoms with Crippen molar-refractivity contribution in [2.45, 2.75) is 12.8 Å². The predicted octanol–water partition coefficient (Wildman–Crippen LogP) is 13.0. The molecule has 1 aliphatic carbocycles. The van der Waals surface area contributed by atoms with Gasteiger partial charge in [0.05, 0.1) is 5.69 Å². The summed E-state index contributed by atoms with van der Waals surface area (Å²) < 4.78 is 6.38. The Morgan fingerprint density at radius 1 is 0.479 bits per heavy atom. The van der Waals surface area contributed by atoms with Crippen molar-refractivity contribution in [3.63, 3.8) is 0 Å². The Kier molecular flexibility index (Phi) is 6.98. The molecule has 1 aliphatic rings. The van der Waals surface area contributed by atoms with Crippen molar-refractivity contribution in [1.29, 1.82) is 0 Å². The van der Waals surface area contributed by atoms with Crippen molar-refractivity contribution in [3.05, 3.63) is 187 Å². The summed E-state index contributed by atoms with van der Waals surface area (Å²) in [5.74, 6) is 0. The summed E-state index contributed by atoms with van der Waals surface area (Å²) in [6.45, 7) is 0. The number of benzene rings is 7. The van der Waals surface area contributed by atoms with Crippen LogP contribution in [-0.4, -0.2) is 0 Å². The van der Waals surface area contributed by atoms with Crippen LogP contribution in [0.5, 0.6) is 0 Å². The van der Waals surface area contributed by atoms with Gasteiger partial charge in [0.1, 0.15) is 11.2 Å². The Bertz CT molecular complexity index is 2490. The minimum Gasteiger partial charge on any atom is -0.456 e. The standard InChI is InChI=1S/C46H33NO/c1-4-14-32(15-5-1)36-24-26-44(40(28-36)33-16-6-2-7-17-33)47(38-20-8-3-9-21-38)43-23-13-12-22-39(43)37-25-27-45-41(30-37)42-29-34-18-10-11-19-35(34)31-46(42)48-45/h1-12,14-22,24-31H,13,23H2. The van der Waals surface area contributed by atoms with Gasteiger partial charge in [0, 0.05) is 33.3 Å². The molecule has 2 heteroatoms. The van der Waals surface area contributed by atoms with E-state index in [1.807, 2.05) is 0 Å². The maximum atomic E-state index is 6.38. The first-order valence-electron chi connectivity index (χ1n) is 16.7. The molecular formula is C46H33NO. The first kappa shape index (κ1) is 28.1. The van der Waals surface area contributed by atoms with Crippen LogP contribution in [0.2, 0.25) is 0 Å². The molecule has 0 atom stereocenters. The summed E-state index contributed by atoms with van der Waals surface area (Å²) in [5, 5.41) is 4.70. The second-order valence-corrected chi connectivity index (χ2v) is 12.4. The number of allylic oxidation sites excluding steroid dienone is 4. The van der Waals surface area contributed by atoms with Gasteiger partial charge in [-0.15, -0.1) is 0 Å². The van der Waals surface area contributed by atoms with Gasteiger partial charge in [-0.25, -0.2) is 0 Å². The molecule has 0 fully saturated rings. The largest absolute Gasteiger partial charge is 0.456 e. The molecule has 0 N–H and O–H groups in total. The van der Waals surface area contributed by atoms with Gasteiger partial charge in [0.15, 0.2) is 0 Å². The Balaban J connectivity index is 1.27. The third-order valence-corrected chi connectivity index (χ3v) is 9.51. The number of fused-ring (bicyclic) bond motifs is 4. The smallest absolute Gasteiger partial charge is 0.136 e. The van der Waals surface area contributed by atoms with Gasteiger partial charge in [-0.2, -0.15) is 0 Å². The van der Waals surface area contributed by atoms with Crippen molar-refractivity contribution >= 4 is 49.7 Å². The number of hydrogen-bond acceptors (Lipinski definition) is 2. The number of anilines is 2. The molecular weight excluding hydrogens is 583 g/mol. The Hall–Kier alpha value is -6.12. The van der Waals surface area contributed by atoms with E-state index in [-0.39, 0.29) is 0 Å². The first-order valence-corrected chi connectivity index (χ1v) is 16.7. The van der Waals surface area contributed by atoms with E-state index >= 15 is 0 Å². The monoisotopic (exact) mass is 615 g/mol. The highest BCUT2D eigenvalue weighted by Gasteiger charge is 2.24. The fraction of sp³-hybridized carbons (Fsp3) is 0.0435. The van der Waals surface area contributed by atoms with Gasteiger partial charge in [0.2, 0.25) is 0 Å². The van der Waals surface area contributed by atoms with Gasteiger partial charge in [-0.05, 0) is 94.4 Å². The Morgan fingerprint density at radius 3 is 1.90 bits per heavy atom. The lowest BCUT2D eigenvalue weighted by Gasteiger charge is -2.33. The average molecular weight is 616 g/mol. The Labute approximate surface area is 280 Å². The van der Waals surface area contributed by atoms with Crippen LogP contribution in [0, 0.1) is 0 Å². The van der Waals surface area contributed by atoms with E-state index in [9.17, 15) is 0 Å². The molecule has 0 spiro atoms. The van der Waals surface area contributed by atoms with Crippen LogP contribution in [-0.2, 0) is 0 Å². The summed E-state index contributed by atoms with van der Waals surface area (Å²) in [7, 11) is 0. The zero-order chi connectivity index (χ0) is 31.9. The highest BCUT2D eigenvalue weighted by molar-refractivity contribution is 6.11. The van der Waals surface area contributed by atoms with Crippen LogP contribution in [0.15, 0.2) is 186 Å². The second-order valence-electron chi connectivity index (χ2n) is 12.4. The molecule has 0 aliphatic heterocycles. The number of rotatable bonds is 6. The molecule has 0 amide bonds. The van der Waals surface area contributed by atoms with Crippen molar-refractivity contribution in [2.24, 2.45) is 0 Å². The molecule has 1 heterocycles. The topological polar surface area (TPSA) is 16.4 Å². The predicted molar refractivity (Wildman–Crippen MR) is 202 cm³/mol. The summed E-state index contributed by atoms with van der Waals surface area (Å²) >= 11 is 0. The van der Waals surface area contributed by atoms with Crippen molar-refractivity contribution < 1.29 is 4.42 Å². The van der Waals surface area contributed by atoms with Crippen molar-refractivity contribution in [2.75, 3.05) is 4.90 Å². The quantitative estimate of drug-likeness (QED) is 0.185. The van der Waals surface area contributed by atoms with Crippen LogP contribution < -0.4 is 4.90 Å². The van der Waals surface area contributed by atoms with E-state index in [4.69, 9.17) is 4.42 Å². The van der Waals surface area contributed by atoms with Crippen LogP contribution in [0.4, 0.5) is 11.4 Å². The lowest BCUT2D eigenvalue weighted by atomic mass is 9.92. The zero-order valence-corrected chi connectivity index (χ0v) is 26.5. The summed E-state index contributed by atoms with van der Waals surface area (Å²) in [5.41, 5.74) is 12.6. The third kappa shape index (κ3) is 4.99. The summed E-state index contributed by atoms with van der Waals surface area (Å²) in [4.78, 5) is 2.49. The van der Waals surface area contributed by atoms with E-state index in [1.165, 1.54) is 49.9 Å². The molecule has 8 aromatic rings. The van der Waals surface area contributed by atoms with Gasteiger partial charge in [0.25, 0.3) is 0 Å². The van der Waals surface area contributed by atoms with E-state index in [0.29, 0.717) is 0 Å². The minimum atomic E-state index is 0.911. The molecule has 0 unspecified atom stereocenters. The fourth-order valence-corrected chi connectivity index (χ4v) is 7.18. The van der Waals surface area contributed by atoms with E-state index in [0.717, 1.165) is 46.2 Å². The SMILES string of the molecule is C1=CC(c2ccc3oc4cc5ccccc5cc4c3c2)=C(N(c2ccccc2)c2ccc(-c3ccccc3)cc2-c2ccccc2)CC1. The lowest BCUT2D eigenvalue weighted by Crippen LogP contribution is -2.20. The number of nitrogens with zero attached hydrogens (tertiary/aromatic N) is 1. The molecule has 9 rings (SSSR count). The highest BCUT2D eigenvalue weighted by Crippen LogP contribution is 2.44. The maximum absolute atomic E-state index is 6.38. The maximum Gasteiger partial charge on any atom is 0.136 e. The minimum absolute atomic E-state index is 0.911. The molecule has 0 bridgehead atoms. The van der Waals surface area contributed by atoms with E-state index in [1.54, 1.807) is 0 Å². The molecule has 0 radical (unpaired) electrons. The van der Waals surface area contributed by atoms with E-state index in [2.05, 4.69) is 181 Å². The first-order chi connectivity index (χ1) is 23.8. The molecule has 1 aromatic heterocycles. The fourth-order valence-electron chi connectivity index (χ4n) is 7.18. The number of furan rings is 1. The zero-order valence-electron chi connectivity index (χ0n) is 26.5. The van der Waals surface area contributed by atoms with Gasteiger partial charge >= 0.3 is 0 Å². The van der Waals surface area contributed by atoms with Crippen molar-refractivity contribution in [3.8, 4) is 22.3 Å². The number of para-hydroxylation sites is 1. The lowest BCUT2D eigenvalue weighted by molar-refractivity contribution is 0.669. The molecule has 2 nitrogen and oxygen atoms in total. The molecule has 228 valence electrons. The molecule has 7 aromatic carbocycles. The third-order valence-electron chi connectivity index (χ3n) is 9.51. The van der Waals surface area contributed by atoms with Crippen molar-refractivity contribution in [1.82, 2.24) is 0 Å².